The number of ether oxygens (including phenoxy) is 2. The van der Waals surface area contributed by atoms with Gasteiger partial charge in [-0.05, 0) is 66.9 Å². The molecule has 5 nitrogen and oxygen atoms in total. The van der Waals surface area contributed by atoms with E-state index in [9.17, 15) is 4.79 Å². The molecule has 28 heavy (non-hydrogen) atoms. The Bertz CT molecular complexity index is 819. The molecule has 0 aliphatic heterocycles. The average molecular weight is 401 g/mol. The maximum atomic E-state index is 11.9. The summed E-state index contributed by atoms with van der Waals surface area (Å²) in [4.78, 5) is 11.9. The van der Waals surface area contributed by atoms with Gasteiger partial charge in [0.2, 0.25) is 0 Å². The molecule has 0 saturated carbocycles. The van der Waals surface area contributed by atoms with Gasteiger partial charge in [-0.1, -0.05) is 32.0 Å². The number of carbonyl (C=O) groups is 1. The average Bonchev–Trinajstić information content (AvgIpc) is 2.68. The molecule has 2 aromatic rings. The number of thiocarbonyl (C=S) groups is 1. The molecule has 2 rings (SSSR count). The number of hydrogen-bond acceptors (Lipinski definition) is 4. The Labute approximate surface area is 172 Å². The fraction of sp³-hybridized carbons (Fsp3) is 0.364. The first-order valence-corrected chi connectivity index (χ1v) is 9.66. The number of carbonyl (C=O) groups excluding carboxylic acids is 1. The highest BCUT2D eigenvalue weighted by Crippen LogP contribution is 2.25. The predicted octanol–water partition coefficient (Wildman–Crippen LogP) is 4.86. The van der Waals surface area contributed by atoms with Gasteiger partial charge in [0, 0.05) is 5.69 Å². The van der Waals surface area contributed by atoms with Crippen LogP contribution in [-0.2, 0) is 4.74 Å². The van der Waals surface area contributed by atoms with Crippen LogP contribution in [0.2, 0.25) is 0 Å². The van der Waals surface area contributed by atoms with Crippen molar-refractivity contribution in [1.29, 1.82) is 0 Å². The van der Waals surface area contributed by atoms with Gasteiger partial charge in [0.15, 0.2) is 5.11 Å². The van der Waals surface area contributed by atoms with Crippen molar-refractivity contribution in [1.82, 2.24) is 5.32 Å². The van der Waals surface area contributed by atoms with Crippen LogP contribution in [0.25, 0.3) is 0 Å². The van der Waals surface area contributed by atoms with E-state index in [0.717, 1.165) is 29.0 Å². The Balaban J connectivity index is 2.16. The zero-order valence-electron chi connectivity index (χ0n) is 17.0. The van der Waals surface area contributed by atoms with Gasteiger partial charge in [-0.3, -0.25) is 0 Å². The Morgan fingerprint density at radius 1 is 1.11 bits per heavy atom. The van der Waals surface area contributed by atoms with E-state index in [1.165, 1.54) is 7.11 Å². The lowest BCUT2D eigenvalue weighted by molar-refractivity contribution is 0.0600. The lowest BCUT2D eigenvalue weighted by atomic mass is 9.97. The summed E-state index contributed by atoms with van der Waals surface area (Å²) in [6.07, 6.45) is 0.926. The molecule has 0 aliphatic carbocycles. The smallest absolute Gasteiger partial charge is 0.338 e. The van der Waals surface area contributed by atoms with E-state index in [4.69, 9.17) is 21.7 Å². The summed E-state index contributed by atoms with van der Waals surface area (Å²) in [5.74, 6) is 0.950. The molecule has 0 radical (unpaired) electrons. The van der Waals surface area contributed by atoms with Crippen LogP contribution >= 0.6 is 12.2 Å². The Hall–Kier alpha value is -2.60. The van der Waals surface area contributed by atoms with Crippen molar-refractivity contribution in [3.05, 3.63) is 59.2 Å². The number of benzene rings is 2. The van der Waals surface area contributed by atoms with E-state index in [1.807, 2.05) is 37.3 Å². The molecule has 2 aromatic carbocycles. The number of nitrogens with one attached hydrogen (secondary N) is 2. The molecule has 0 spiro atoms. The molecular weight excluding hydrogens is 372 g/mol. The Morgan fingerprint density at radius 3 is 2.36 bits per heavy atom. The van der Waals surface area contributed by atoms with Crippen molar-refractivity contribution in [3.63, 3.8) is 0 Å². The maximum Gasteiger partial charge on any atom is 0.338 e. The molecule has 0 saturated heterocycles. The number of rotatable bonds is 7. The largest absolute Gasteiger partial charge is 0.497 e. The summed E-state index contributed by atoms with van der Waals surface area (Å²) in [7, 11) is 3.03. The third kappa shape index (κ3) is 5.70. The highest BCUT2D eigenvalue weighted by molar-refractivity contribution is 7.80. The minimum Gasteiger partial charge on any atom is -0.497 e. The first-order chi connectivity index (χ1) is 13.3. The zero-order chi connectivity index (χ0) is 20.7. The van der Waals surface area contributed by atoms with Gasteiger partial charge in [-0.2, -0.15) is 0 Å². The number of anilines is 1. The number of esters is 1. The summed E-state index contributed by atoms with van der Waals surface area (Å²) in [5, 5.41) is 7.12. The third-order valence-electron chi connectivity index (χ3n) is 4.52. The van der Waals surface area contributed by atoms with Crippen molar-refractivity contribution in [2.45, 2.75) is 33.2 Å². The lowest BCUT2D eigenvalue weighted by Gasteiger charge is -2.24. The second kappa shape index (κ2) is 10.1. The van der Waals surface area contributed by atoms with Crippen LogP contribution in [-0.4, -0.2) is 25.3 Å². The third-order valence-corrected chi connectivity index (χ3v) is 4.74. The van der Waals surface area contributed by atoms with Gasteiger partial charge in [0.1, 0.15) is 5.75 Å². The first-order valence-electron chi connectivity index (χ1n) is 9.25. The van der Waals surface area contributed by atoms with Crippen molar-refractivity contribution in [2.75, 3.05) is 19.5 Å². The Morgan fingerprint density at radius 2 is 1.79 bits per heavy atom. The highest BCUT2D eigenvalue weighted by Gasteiger charge is 2.17. The van der Waals surface area contributed by atoms with E-state index in [1.54, 1.807) is 19.2 Å². The van der Waals surface area contributed by atoms with Crippen LogP contribution in [0, 0.1) is 12.8 Å². The fourth-order valence-corrected chi connectivity index (χ4v) is 3.26. The summed E-state index contributed by atoms with van der Waals surface area (Å²) < 4.78 is 10.1. The minimum absolute atomic E-state index is 0.0648. The van der Waals surface area contributed by atoms with E-state index >= 15 is 0 Å². The van der Waals surface area contributed by atoms with Crippen molar-refractivity contribution < 1.29 is 14.3 Å². The van der Waals surface area contributed by atoms with Gasteiger partial charge in [0.05, 0.1) is 25.8 Å². The minimum atomic E-state index is -0.365. The van der Waals surface area contributed by atoms with Gasteiger partial charge in [0.25, 0.3) is 0 Å². The predicted molar refractivity (Wildman–Crippen MR) is 117 cm³/mol. The van der Waals surface area contributed by atoms with E-state index < -0.39 is 0 Å². The zero-order valence-corrected chi connectivity index (χ0v) is 17.9. The van der Waals surface area contributed by atoms with Crippen LogP contribution < -0.4 is 15.4 Å². The molecule has 150 valence electrons. The van der Waals surface area contributed by atoms with Crippen molar-refractivity contribution in [3.8, 4) is 5.75 Å². The molecule has 0 fully saturated rings. The molecule has 0 heterocycles. The van der Waals surface area contributed by atoms with Crippen molar-refractivity contribution in [2.24, 2.45) is 5.92 Å². The summed E-state index contributed by atoms with van der Waals surface area (Å²) in [6.45, 7) is 6.23. The molecule has 0 bridgehead atoms. The van der Waals surface area contributed by atoms with Crippen LogP contribution in [0.5, 0.6) is 5.75 Å². The summed E-state index contributed by atoms with van der Waals surface area (Å²) >= 11 is 5.55. The highest BCUT2D eigenvalue weighted by atomic mass is 32.1. The van der Waals surface area contributed by atoms with Crippen LogP contribution in [0.3, 0.4) is 0 Å². The molecule has 2 N–H and O–H groups in total. The second-order valence-electron chi connectivity index (χ2n) is 7.02. The van der Waals surface area contributed by atoms with E-state index in [2.05, 4.69) is 24.5 Å². The maximum absolute atomic E-state index is 11.9. The van der Waals surface area contributed by atoms with Crippen LogP contribution in [0.1, 0.15) is 47.8 Å². The normalized spacial score (nSPS) is 11.6. The standard InChI is InChI=1S/C22H28N2O3S/c1-14(2)13-20(16-9-11-17(26-4)12-10-16)24-22(28)23-19-8-6-7-18(15(19)3)21(25)27-5/h6-12,14,20H,13H2,1-5H3,(H2,23,24,28). The lowest BCUT2D eigenvalue weighted by Crippen LogP contribution is -2.33. The topological polar surface area (TPSA) is 59.6 Å². The van der Waals surface area contributed by atoms with Gasteiger partial charge in [-0.15, -0.1) is 0 Å². The monoisotopic (exact) mass is 400 g/mol. The molecule has 1 atom stereocenters. The van der Waals surface area contributed by atoms with E-state index in [0.29, 0.717) is 16.6 Å². The van der Waals surface area contributed by atoms with Gasteiger partial charge >= 0.3 is 5.97 Å². The van der Waals surface area contributed by atoms with Crippen LogP contribution in [0.4, 0.5) is 5.69 Å². The molecule has 6 heteroatoms. The fourth-order valence-electron chi connectivity index (χ4n) is 3.00. The Kier molecular flexibility index (Phi) is 7.81. The first kappa shape index (κ1) is 21.7. The summed E-state index contributed by atoms with van der Waals surface area (Å²) in [5.41, 5.74) is 3.23. The summed E-state index contributed by atoms with van der Waals surface area (Å²) in [6, 6.07) is 13.5. The molecule has 1 unspecified atom stereocenters. The molecule has 0 amide bonds. The van der Waals surface area contributed by atoms with Crippen molar-refractivity contribution >= 4 is 29.0 Å². The van der Waals surface area contributed by atoms with Gasteiger partial charge in [-0.25, -0.2) is 4.79 Å². The van der Waals surface area contributed by atoms with Gasteiger partial charge < -0.3 is 20.1 Å². The SMILES string of the molecule is COC(=O)c1cccc(NC(=S)NC(CC(C)C)c2ccc(OC)cc2)c1C. The molecule has 0 aromatic heterocycles. The second-order valence-corrected chi connectivity index (χ2v) is 7.43. The molecule has 0 aliphatic rings. The quantitative estimate of drug-likeness (QED) is 0.511. The number of methoxy groups -OCH3 is 2. The van der Waals surface area contributed by atoms with E-state index in [-0.39, 0.29) is 12.0 Å². The van der Waals surface area contributed by atoms with Crippen LogP contribution in [0.15, 0.2) is 42.5 Å². The molecular formula is C22H28N2O3S. The number of hydrogen-bond donors (Lipinski definition) is 2.